The summed E-state index contributed by atoms with van der Waals surface area (Å²) in [5.74, 6) is 0.732. The SMILES string of the molecule is COc1cc(C(=O)N2C[C@@H](CCCOS(C)(=O)=O)OC2c2ccc(Cl)c(Cl)c2)cc(OC)c1OC. The molecule has 0 bridgehead atoms. The van der Waals surface area contributed by atoms with Crippen LogP contribution in [0, 0.1) is 0 Å². The molecule has 192 valence electrons. The Morgan fingerprint density at radius 3 is 2.26 bits per heavy atom. The highest BCUT2D eigenvalue weighted by atomic mass is 35.5. The van der Waals surface area contributed by atoms with Crippen molar-refractivity contribution in [3.63, 3.8) is 0 Å². The maximum absolute atomic E-state index is 13.7. The first-order valence-electron chi connectivity index (χ1n) is 10.6. The average molecular weight is 548 g/mol. The van der Waals surface area contributed by atoms with E-state index in [4.69, 9.17) is 46.3 Å². The van der Waals surface area contributed by atoms with E-state index in [9.17, 15) is 13.2 Å². The van der Waals surface area contributed by atoms with Crippen molar-refractivity contribution in [2.75, 3.05) is 40.7 Å². The standard InChI is InChI=1S/C23H27Cl2NO8S/c1-30-19-11-15(12-20(31-2)21(19)32-3)22(27)26-13-16(6-5-9-33-35(4,28)29)34-23(26)14-7-8-17(24)18(25)10-14/h7-8,10-12,16,23H,5-6,9,13H2,1-4H3/t16-,23?/m1/s1. The summed E-state index contributed by atoms with van der Waals surface area (Å²) in [6.45, 7) is 0.288. The number of hydrogen-bond donors (Lipinski definition) is 0. The number of carbonyl (C=O) groups is 1. The summed E-state index contributed by atoms with van der Waals surface area (Å²) < 4.78 is 49.6. The largest absolute Gasteiger partial charge is 0.493 e. The van der Waals surface area contributed by atoms with Gasteiger partial charge in [0.15, 0.2) is 17.7 Å². The normalized spacial score (nSPS) is 17.9. The Morgan fingerprint density at radius 1 is 1.06 bits per heavy atom. The smallest absolute Gasteiger partial charge is 0.264 e. The molecule has 2 atom stereocenters. The zero-order valence-corrected chi connectivity index (χ0v) is 22.1. The third kappa shape index (κ3) is 6.71. The van der Waals surface area contributed by atoms with Crippen molar-refractivity contribution in [3.8, 4) is 17.2 Å². The van der Waals surface area contributed by atoms with Gasteiger partial charge >= 0.3 is 0 Å². The second-order valence-corrected chi connectivity index (χ2v) is 10.3. The van der Waals surface area contributed by atoms with Gasteiger partial charge in [0, 0.05) is 11.1 Å². The molecule has 2 aromatic rings. The molecule has 12 heteroatoms. The zero-order valence-electron chi connectivity index (χ0n) is 19.7. The van der Waals surface area contributed by atoms with Crippen molar-refractivity contribution in [3.05, 3.63) is 51.5 Å². The van der Waals surface area contributed by atoms with Gasteiger partial charge in [0.05, 0.1) is 56.9 Å². The molecular weight excluding hydrogens is 521 g/mol. The molecule has 2 aromatic carbocycles. The maximum atomic E-state index is 13.7. The van der Waals surface area contributed by atoms with E-state index in [2.05, 4.69) is 0 Å². The molecule has 1 heterocycles. The number of halogens is 2. The van der Waals surface area contributed by atoms with Crippen molar-refractivity contribution < 1.29 is 36.3 Å². The lowest BCUT2D eigenvalue weighted by molar-refractivity contribution is -0.00193. The molecule has 0 aliphatic carbocycles. The number of carbonyl (C=O) groups excluding carboxylic acids is 1. The van der Waals surface area contributed by atoms with Crippen molar-refractivity contribution in [2.45, 2.75) is 25.2 Å². The Hall–Kier alpha value is -2.24. The molecule has 0 radical (unpaired) electrons. The van der Waals surface area contributed by atoms with Crippen LogP contribution in [-0.4, -0.2) is 66.1 Å². The second kappa shape index (κ2) is 11.7. The van der Waals surface area contributed by atoms with Gasteiger partial charge in [-0.3, -0.25) is 8.98 Å². The molecule has 0 saturated carbocycles. The summed E-state index contributed by atoms with van der Waals surface area (Å²) in [6, 6.07) is 8.17. The van der Waals surface area contributed by atoms with Gasteiger partial charge < -0.3 is 23.8 Å². The summed E-state index contributed by atoms with van der Waals surface area (Å²) in [7, 11) is 0.892. The monoisotopic (exact) mass is 547 g/mol. The van der Waals surface area contributed by atoms with Gasteiger partial charge in [-0.1, -0.05) is 29.3 Å². The summed E-state index contributed by atoms with van der Waals surface area (Å²) >= 11 is 12.3. The van der Waals surface area contributed by atoms with Gasteiger partial charge in [-0.2, -0.15) is 8.42 Å². The minimum Gasteiger partial charge on any atom is -0.493 e. The number of ether oxygens (including phenoxy) is 4. The predicted molar refractivity (Wildman–Crippen MR) is 131 cm³/mol. The molecule has 1 amide bonds. The summed E-state index contributed by atoms with van der Waals surface area (Å²) in [5, 5.41) is 0.711. The molecule has 0 N–H and O–H groups in total. The summed E-state index contributed by atoms with van der Waals surface area (Å²) in [4.78, 5) is 15.2. The molecule has 3 rings (SSSR count). The first kappa shape index (κ1) is 27.3. The number of methoxy groups -OCH3 is 3. The van der Waals surface area contributed by atoms with E-state index in [1.165, 1.54) is 21.3 Å². The van der Waals surface area contributed by atoms with Crippen molar-refractivity contribution in [1.29, 1.82) is 0 Å². The molecule has 0 spiro atoms. The molecule has 1 aliphatic heterocycles. The van der Waals surface area contributed by atoms with E-state index in [0.717, 1.165) is 6.26 Å². The number of hydrogen-bond acceptors (Lipinski definition) is 8. The lowest BCUT2D eigenvalue weighted by atomic mass is 10.1. The Morgan fingerprint density at radius 2 is 1.71 bits per heavy atom. The van der Waals surface area contributed by atoms with E-state index < -0.39 is 16.3 Å². The van der Waals surface area contributed by atoms with Crippen LogP contribution in [-0.2, 0) is 19.0 Å². The molecule has 9 nitrogen and oxygen atoms in total. The maximum Gasteiger partial charge on any atom is 0.264 e. The third-order valence-electron chi connectivity index (χ3n) is 5.37. The fourth-order valence-corrected chi connectivity index (χ4v) is 4.51. The third-order valence-corrected chi connectivity index (χ3v) is 6.71. The first-order chi connectivity index (χ1) is 16.6. The second-order valence-electron chi connectivity index (χ2n) is 7.82. The molecular formula is C23H27Cl2NO8S. The van der Waals surface area contributed by atoms with E-state index in [0.29, 0.717) is 51.3 Å². The van der Waals surface area contributed by atoms with E-state index in [1.807, 2.05) is 0 Å². The van der Waals surface area contributed by atoms with Gasteiger partial charge in [-0.05, 0) is 37.1 Å². The van der Waals surface area contributed by atoms with Gasteiger partial charge in [0.25, 0.3) is 16.0 Å². The van der Waals surface area contributed by atoms with Crippen molar-refractivity contribution in [2.24, 2.45) is 0 Å². The van der Waals surface area contributed by atoms with Crippen LogP contribution in [0.3, 0.4) is 0 Å². The van der Waals surface area contributed by atoms with Crippen LogP contribution in [0.5, 0.6) is 17.2 Å². The number of rotatable bonds is 10. The Balaban J connectivity index is 1.90. The minimum absolute atomic E-state index is 0.0248. The molecule has 1 fully saturated rings. The van der Waals surface area contributed by atoms with Crippen LogP contribution in [0.25, 0.3) is 0 Å². The topological polar surface area (TPSA) is 101 Å². The van der Waals surface area contributed by atoms with Crippen molar-refractivity contribution >= 4 is 39.2 Å². The Bertz CT molecular complexity index is 1150. The fraction of sp³-hybridized carbons (Fsp3) is 0.435. The Labute approximate surface area is 214 Å². The average Bonchev–Trinajstić information content (AvgIpc) is 3.25. The minimum atomic E-state index is -3.53. The van der Waals surface area contributed by atoms with E-state index >= 15 is 0 Å². The van der Waals surface area contributed by atoms with Crippen LogP contribution in [0.1, 0.15) is 35.0 Å². The van der Waals surface area contributed by atoms with Crippen LogP contribution in [0.15, 0.2) is 30.3 Å². The van der Waals surface area contributed by atoms with Gasteiger partial charge in [-0.25, -0.2) is 0 Å². The molecule has 1 aliphatic rings. The molecule has 0 aromatic heterocycles. The predicted octanol–water partition coefficient (Wildman–Crippen LogP) is 4.32. The lowest BCUT2D eigenvalue weighted by Gasteiger charge is -2.24. The van der Waals surface area contributed by atoms with Crippen LogP contribution in [0.4, 0.5) is 0 Å². The zero-order chi connectivity index (χ0) is 25.8. The molecule has 1 unspecified atom stereocenters. The highest BCUT2D eigenvalue weighted by Gasteiger charge is 2.38. The quantitative estimate of drug-likeness (QED) is 0.320. The van der Waals surface area contributed by atoms with Crippen molar-refractivity contribution in [1.82, 2.24) is 4.90 Å². The molecule has 1 saturated heterocycles. The molecule has 35 heavy (non-hydrogen) atoms. The van der Waals surface area contributed by atoms with E-state index in [-0.39, 0.29) is 25.2 Å². The number of amides is 1. The first-order valence-corrected chi connectivity index (χ1v) is 13.2. The fourth-order valence-electron chi connectivity index (χ4n) is 3.78. The lowest BCUT2D eigenvalue weighted by Crippen LogP contribution is -2.32. The number of benzene rings is 2. The Kier molecular flexibility index (Phi) is 9.11. The van der Waals surface area contributed by atoms with Gasteiger partial charge in [0.1, 0.15) is 0 Å². The highest BCUT2D eigenvalue weighted by Crippen LogP contribution is 2.40. The highest BCUT2D eigenvalue weighted by molar-refractivity contribution is 7.85. The van der Waals surface area contributed by atoms with Crippen LogP contribution in [0.2, 0.25) is 10.0 Å². The summed E-state index contributed by atoms with van der Waals surface area (Å²) in [5.41, 5.74) is 0.962. The van der Waals surface area contributed by atoms with Crippen LogP contribution < -0.4 is 14.2 Å². The summed E-state index contributed by atoms with van der Waals surface area (Å²) in [6.07, 6.45) is 0.808. The van der Waals surface area contributed by atoms with Crippen LogP contribution >= 0.6 is 23.2 Å². The number of nitrogens with zero attached hydrogens (tertiary/aromatic N) is 1. The van der Waals surface area contributed by atoms with Gasteiger partial charge in [-0.15, -0.1) is 0 Å². The van der Waals surface area contributed by atoms with E-state index in [1.54, 1.807) is 35.2 Å². The van der Waals surface area contributed by atoms with Gasteiger partial charge in [0.2, 0.25) is 5.75 Å².